The second-order valence-corrected chi connectivity index (χ2v) is 10.3. The maximum Gasteiger partial charge on any atom is 0.313 e. The lowest BCUT2D eigenvalue weighted by Gasteiger charge is -2.41. The molecule has 1 atom stereocenters. The van der Waals surface area contributed by atoms with Crippen molar-refractivity contribution in [3.8, 4) is 16.9 Å². The molecule has 11 heteroatoms. The zero-order chi connectivity index (χ0) is 23.0. The van der Waals surface area contributed by atoms with Gasteiger partial charge >= 0.3 is 10.2 Å². The first-order valence-electron chi connectivity index (χ1n) is 8.92. The molecule has 0 aliphatic heterocycles. The molecule has 1 aromatic heterocycles. The molecule has 2 N–H and O–H groups in total. The van der Waals surface area contributed by atoms with Gasteiger partial charge in [0.1, 0.15) is 22.9 Å². The predicted octanol–water partition coefficient (Wildman–Crippen LogP) is 7.49. The van der Waals surface area contributed by atoms with E-state index in [1.54, 1.807) is 6.92 Å². The van der Waals surface area contributed by atoms with Crippen molar-refractivity contribution in [3.63, 3.8) is 0 Å². The van der Waals surface area contributed by atoms with Gasteiger partial charge in [-0.25, -0.2) is 8.78 Å². The maximum absolute atomic E-state index is 13.7. The molecule has 0 radical (unpaired) electrons. The van der Waals surface area contributed by atoms with E-state index in [1.807, 2.05) is 13.8 Å². The number of ether oxygens (including phenoxy) is 1. The lowest BCUT2D eigenvalue weighted by molar-refractivity contribution is 0.146. The van der Waals surface area contributed by atoms with Gasteiger partial charge in [-0.3, -0.25) is 4.98 Å². The largest absolute Gasteiger partial charge is 0.490 e. The summed E-state index contributed by atoms with van der Waals surface area (Å²) in [4.78, 5) is 1.18. The van der Waals surface area contributed by atoms with Gasteiger partial charge in [0, 0.05) is 11.7 Å². The van der Waals surface area contributed by atoms with Crippen LogP contribution in [-0.4, -0.2) is 17.1 Å². The highest BCUT2D eigenvalue weighted by atomic mass is 32.5. The molecular formula is C19H23F7N2OS. The summed E-state index contributed by atoms with van der Waals surface area (Å²) >= 11 is 0. The number of halogens is 7. The quantitative estimate of drug-likeness (QED) is 0.415. The minimum atomic E-state index is -10.2. The van der Waals surface area contributed by atoms with Crippen molar-refractivity contribution in [1.82, 2.24) is 4.98 Å². The van der Waals surface area contributed by atoms with Gasteiger partial charge in [0.15, 0.2) is 0 Å². The summed E-state index contributed by atoms with van der Waals surface area (Å²) in [6, 6.07) is 4.03. The SMILES string of the molecule is CC(C)C[C@](C)(N)COc1ccc(-c2ccnc(C(F)F)c2)cc1S(F)(F)(F)(F)F. The van der Waals surface area contributed by atoms with Crippen molar-refractivity contribution >= 4 is 10.2 Å². The van der Waals surface area contributed by atoms with E-state index >= 15 is 0 Å². The van der Waals surface area contributed by atoms with Gasteiger partial charge in [-0.15, -0.1) is 0 Å². The number of hydrogen-bond acceptors (Lipinski definition) is 3. The van der Waals surface area contributed by atoms with Gasteiger partial charge in [0.05, 0.1) is 0 Å². The van der Waals surface area contributed by atoms with Crippen LogP contribution in [0.15, 0.2) is 41.4 Å². The number of alkyl halides is 2. The van der Waals surface area contributed by atoms with E-state index in [-0.39, 0.29) is 23.1 Å². The fourth-order valence-electron chi connectivity index (χ4n) is 3.09. The van der Waals surface area contributed by atoms with Crippen LogP contribution in [0.2, 0.25) is 0 Å². The number of nitrogens with zero attached hydrogens (tertiary/aromatic N) is 1. The molecule has 0 unspecified atom stereocenters. The molecule has 2 rings (SSSR count). The molecule has 0 spiro atoms. The summed E-state index contributed by atoms with van der Waals surface area (Å²) < 4.78 is 99.2. The average Bonchev–Trinajstić information content (AvgIpc) is 2.57. The molecule has 1 heterocycles. The molecule has 1 aromatic carbocycles. The van der Waals surface area contributed by atoms with E-state index in [4.69, 9.17) is 10.5 Å². The fourth-order valence-corrected chi connectivity index (χ4v) is 3.95. The van der Waals surface area contributed by atoms with Gasteiger partial charge in [-0.05, 0) is 54.7 Å². The molecular weight excluding hydrogens is 437 g/mol. The average molecular weight is 460 g/mol. The summed E-state index contributed by atoms with van der Waals surface area (Å²) in [5.41, 5.74) is 3.83. The number of pyridine rings is 1. The van der Waals surface area contributed by atoms with Crippen molar-refractivity contribution in [2.75, 3.05) is 6.61 Å². The van der Waals surface area contributed by atoms with Crippen LogP contribution in [-0.2, 0) is 0 Å². The highest BCUT2D eigenvalue weighted by Gasteiger charge is 2.67. The van der Waals surface area contributed by atoms with Gasteiger partial charge in [-0.1, -0.05) is 39.3 Å². The van der Waals surface area contributed by atoms with Crippen LogP contribution in [0.5, 0.6) is 5.75 Å². The Kier molecular flexibility index (Phi) is 5.90. The minimum Gasteiger partial charge on any atom is -0.490 e. The van der Waals surface area contributed by atoms with Crippen molar-refractivity contribution in [2.24, 2.45) is 11.7 Å². The fraction of sp³-hybridized carbons (Fsp3) is 0.421. The van der Waals surface area contributed by atoms with Crippen molar-refractivity contribution in [1.29, 1.82) is 0 Å². The van der Waals surface area contributed by atoms with Crippen molar-refractivity contribution < 1.29 is 32.9 Å². The lowest BCUT2D eigenvalue weighted by atomic mass is 9.93. The lowest BCUT2D eigenvalue weighted by Crippen LogP contribution is -2.43. The number of nitrogens with two attached hydrogens (primary N) is 1. The van der Waals surface area contributed by atoms with Gasteiger partial charge in [0.2, 0.25) is 0 Å². The predicted molar refractivity (Wildman–Crippen MR) is 104 cm³/mol. The molecule has 0 aliphatic carbocycles. The first-order chi connectivity index (χ1) is 13.4. The summed E-state index contributed by atoms with van der Waals surface area (Å²) in [6.45, 7) is 4.82. The third-order valence-corrected chi connectivity index (χ3v) is 5.28. The first kappa shape index (κ1) is 24.3. The van der Waals surface area contributed by atoms with E-state index in [9.17, 15) is 28.2 Å². The summed E-state index contributed by atoms with van der Waals surface area (Å²) in [7, 11) is -10.2. The molecule has 30 heavy (non-hydrogen) atoms. The Balaban J connectivity index is 2.52. The molecule has 170 valence electrons. The zero-order valence-electron chi connectivity index (χ0n) is 16.5. The first-order valence-corrected chi connectivity index (χ1v) is 10.9. The Hall–Kier alpha value is -2.01. The molecule has 2 aromatic rings. The van der Waals surface area contributed by atoms with E-state index in [2.05, 4.69) is 4.98 Å². The second-order valence-electron chi connectivity index (χ2n) is 7.94. The number of rotatable bonds is 8. The Morgan fingerprint density at radius 3 is 2.17 bits per heavy atom. The topological polar surface area (TPSA) is 48.1 Å². The zero-order valence-corrected chi connectivity index (χ0v) is 17.3. The van der Waals surface area contributed by atoms with Crippen LogP contribution in [0.25, 0.3) is 11.1 Å². The van der Waals surface area contributed by atoms with Crippen LogP contribution >= 0.6 is 10.2 Å². The standard InChI is InChI=1S/C19H23F7N2OS/c1-12(2)10-19(3,27)11-29-16-5-4-13(9-17(16)30(22,23,24,25)26)14-6-7-28-15(8-14)18(20)21/h4-9,12,18H,10-11,27H2,1-3H3/t19-/m0/s1. The molecule has 0 bridgehead atoms. The minimum absolute atomic E-state index is 0.108. The normalized spacial score (nSPS) is 16.8. The van der Waals surface area contributed by atoms with Crippen LogP contribution in [0.3, 0.4) is 0 Å². The molecule has 0 fully saturated rings. The monoisotopic (exact) mass is 460 g/mol. The Morgan fingerprint density at radius 1 is 1.03 bits per heavy atom. The maximum atomic E-state index is 13.7. The summed E-state index contributed by atoms with van der Waals surface area (Å²) in [5, 5.41) is 0. The van der Waals surface area contributed by atoms with Gasteiger partial charge < -0.3 is 10.5 Å². The number of hydrogen-bond donors (Lipinski definition) is 1. The molecule has 0 saturated heterocycles. The molecule has 3 nitrogen and oxygen atoms in total. The number of aromatic nitrogens is 1. The highest BCUT2D eigenvalue weighted by Crippen LogP contribution is 3.03. The van der Waals surface area contributed by atoms with Crippen molar-refractivity contribution in [2.45, 2.75) is 44.1 Å². The Morgan fingerprint density at radius 2 is 1.63 bits per heavy atom. The molecule has 0 amide bonds. The van der Waals surface area contributed by atoms with Crippen LogP contribution in [0, 0.1) is 5.92 Å². The third-order valence-electron chi connectivity index (χ3n) is 4.13. The molecule has 0 saturated carbocycles. The van der Waals surface area contributed by atoms with Gasteiger partial charge in [-0.2, -0.15) is 0 Å². The van der Waals surface area contributed by atoms with Crippen molar-refractivity contribution in [3.05, 3.63) is 42.2 Å². The van der Waals surface area contributed by atoms with Gasteiger partial charge in [0.25, 0.3) is 6.43 Å². The smallest absolute Gasteiger partial charge is 0.313 e. The Labute approximate surface area is 170 Å². The number of benzene rings is 1. The Bertz CT molecular complexity index is 915. The van der Waals surface area contributed by atoms with E-state index in [1.165, 1.54) is 0 Å². The molecule has 0 aliphatic rings. The summed E-state index contributed by atoms with van der Waals surface area (Å²) in [5.74, 6) is -0.960. The van der Waals surface area contributed by atoms with Crippen LogP contribution in [0.4, 0.5) is 28.2 Å². The second kappa shape index (κ2) is 7.30. The van der Waals surface area contributed by atoms with Crippen LogP contribution < -0.4 is 10.5 Å². The highest BCUT2D eigenvalue weighted by molar-refractivity contribution is 8.45. The third kappa shape index (κ3) is 6.49. The summed E-state index contributed by atoms with van der Waals surface area (Å²) in [6.07, 6.45) is -1.61. The van der Waals surface area contributed by atoms with E-state index < -0.39 is 45.1 Å². The van der Waals surface area contributed by atoms with Crippen LogP contribution in [0.1, 0.15) is 39.3 Å². The van der Waals surface area contributed by atoms with E-state index in [0.717, 1.165) is 30.5 Å². The van der Waals surface area contributed by atoms with E-state index in [0.29, 0.717) is 6.42 Å².